The van der Waals surface area contributed by atoms with Crippen LogP contribution in [0.4, 0.5) is 0 Å². The summed E-state index contributed by atoms with van der Waals surface area (Å²) in [5, 5.41) is 8.15. The van der Waals surface area contributed by atoms with Crippen molar-refractivity contribution >= 4 is 0 Å². The summed E-state index contributed by atoms with van der Waals surface area (Å²) in [5.41, 5.74) is 1.25. The minimum absolute atomic E-state index is 0.581. The fraction of sp³-hybridized carbons (Fsp3) is 0.800. The summed E-state index contributed by atoms with van der Waals surface area (Å²) in [5.74, 6) is 1.66. The van der Waals surface area contributed by atoms with Gasteiger partial charge in [0.2, 0.25) is 0 Å². The summed E-state index contributed by atoms with van der Waals surface area (Å²) >= 11 is 0. The Kier molecular flexibility index (Phi) is 4.81. The molecule has 18 heavy (non-hydrogen) atoms. The Morgan fingerprint density at radius 1 is 1.39 bits per heavy atom. The van der Waals surface area contributed by atoms with E-state index in [1.807, 2.05) is 11.7 Å². The maximum Gasteiger partial charge on any atom is 0.0627 e. The second kappa shape index (κ2) is 6.37. The van der Waals surface area contributed by atoms with Gasteiger partial charge in [0.15, 0.2) is 0 Å². The molecule has 1 atom stereocenters. The molecule has 1 N–H and O–H groups in total. The number of hydrogen-bond donors (Lipinski definition) is 1. The maximum atomic E-state index is 4.54. The third-order valence-electron chi connectivity index (χ3n) is 4.09. The highest BCUT2D eigenvalue weighted by Gasteiger charge is 2.25. The Morgan fingerprint density at radius 3 is 2.67 bits per heavy atom. The quantitative estimate of drug-likeness (QED) is 0.840. The van der Waals surface area contributed by atoms with Crippen LogP contribution >= 0.6 is 0 Å². The van der Waals surface area contributed by atoms with E-state index in [1.54, 1.807) is 0 Å². The molecule has 0 radical (unpaired) electrons. The van der Waals surface area contributed by atoms with Crippen LogP contribution in [0.1, 0.15) is 45.2 Å². The van der Waals surface area contributed by atoms with E-state index < -0.39 is 0 Å². The van der Waals surface area contributed by atoms with Gasteiger partial charge < -0.3 is 5.32 Å². The minimum Gasteiger partial charge on any atom is -0.314 e. The fourth-order valence-corrected chi connectivity index (χ4v) is 3.06. The molecule has 0 spiro atoms. The molecule has 102 valence electrons. The first-order valence-electron chi connectivity index (χ1n) is 7.37. The van der Waals surface area contributed by atoms with E-state index in [4.69, 9.17) is 0 Å². The van der Waals surface area contributed by atoms with E-state index in [-0.39, 0.29) is 0 Å². The summed E-state index contributed by atoms with van der Waals surface area (Å²) in [6.07, 6.45) is 8.85. The Morgan fingerprint density at radius 2 is 2.11 bits per heavy atom. The molecule has 3 nitrogen and oxygen atoms in total. The molecule has 1 fully saturated rings. The van der Waals surface area contributed by atoms with E-state index >= 15 is 0 Å². The van der Waals surface area contributed by atoms with E-state index in [0.717, 1.165) is 24.8 Å². The van der Waals surface area contributed by atoms with Gasteiger partial charge in [-0.3, -0.25) is 4.68 Å². The molecule has 0 aromatic carbocycles. The predicted molar refractivity (Wildman–Crippen MR) is 75.5 cm³/mol. The Balaban J connectivity index is 1.94. The average Bonchev–Trinajstić information content (AvgIpc) is 2.95. The highest BCUT2D eigenvalue weighted by atomic mass is 15.2. The lowest BCUT2D eigenvalue weighted by Crippen LogP contribution is -2.33. The van der Waals surface area contributed by atoms with Crippen LogP contribution in [0, 0.1) is 11.8 Å². The van der Waals surface area contributed by atoms with Crippen LogP contribution < -0.4 is 5.32 Å². The highest BCUT2D eigenvalue weighted by Crippen LogP contribution is 2.32. The van der Waals surface area contributed by atoms with Gasteiger partial charge in [0.1, 0.15) is 0 Å². The van der Waals surface area contributed by atoms with Crippen LogP contribution in [0.2, 0.25) is 0 Å². The first-order chi connectivity index (χ1) is 8.65. The third kappa shape index (κ3) is 3.84. The van der Waals surface area contributed by atoms with Crippen molar-refractivity contribution < 1.29 is 0 Å². The Bertz CT molecular complexity index is 350. The van der Waals surface area contributed by atoms with Crippen molar-refractivity contribution in [2.45, 2.75) is 52.0 Å². The van der Waals surface area contributed by atoms with Crippen LogP contribution in [0.5, 0.6) is 0 Å². The zero-order valence-electron chi connectivity index (χ0n) is 12.0. The van der Waals surface area contributed by atoms with Crippen molar-refractivity contribution in [3.8, 4) is 0 Å². The molecule has 1 aromatic heterocycles. The largest absolute Gasteiger partial charge is 0.314 e. The molecule has 2 rings (SSSR count). The second-order valence-electron chi connectivity index (χ2n) is 6.05. The summed E-state index contributed by atoms with van der Waals surface area (Å²) in [6, 6.07) is 2.75. The van der Waals surface area contributed by atoms with Crippen LogP contribution in [0.3, 0.4) is 0 Å². The number of aromatic nitrogens is 2. The van der Waals surface area contributed by atoms with E-state index in [9.17, 15) is 0 Å². The normalized spacial score (nSPS) is 18.7. The minimum atomic E-state index is 0.581. The van der Waals surface area contributed by atoms with Gasteiger partial charge in [0.25, 0.3) is 0 Å². The number of aryl methyl sites for hydroxylation is 1. The van der Waals surface area contributed by atoms with Gasteiger partial charge in [-0.15, -0.1) is 0 Å². The van der Waals surface area contributed by atoms with Gasteiger partial charge in [0, 0.05) is 19.3 Å². The zero-order valence-corrected chi connectivity index (χ0v) is 12.0. The molecule has 3 heteroatoms. The summed E-state index contributed by atoms with van der Waals surface area (Å²) in [7, 11) is 2.00. The maximum absolute atomic E-state index is 4.54. The molecule has 0 bridgehead atoms. The molecule has 1 aromatic rings. The number of hydrogen-bond acceptors (Lipinski definition) is 2. The predicted octanol–water partition coefficient (Wildman–Crippen LogP) is 2.77. The number of nitrogens with one attached hydrogen (secondary N) is 1. The van der Waals surface area contributed by atoms with Crippen molar-refractivity contribution in [1.29, 1.82) is 0 Å². The van der Waals surface area contributed by atoms with Crippen LogP contribution in [-0.2, 0) is 13.5 Å². The molecule has 1 unspecified atom stereocenters. The van der Waals surface area contributed by atoms with Crippen molar-refractivity contribution in [1.82, 2.24) is 15.1 Å². The average molecular weight is 249 g/mol. The van der Waals surface area contributed by atoms with Gasteiger partial charge in [-0.1, -0.05) is 39.5 Å². The lowest BCUT2D eigenvalue weighted by molar-refractivity contribution is 0.310. The van der Waals surface area contributed by atoms with Crippen LogP contribution in [0.25, 0.3) is 0 Å². The Labute approximate surface area is 111 Å². The van der Waals surface area contributed by atoms with Gasteiger partial charge in [-0.05, 0) is 30.9 Å². The molecule has 0 aliphatic heterocycles. The Hall–Kier alpha value is -0.830. The van der Waals surface area contributed by atoms with Crippen molar-refractivity contribution in [3.63, 3.8) is 0 Å². The van der Waals surface area contributed by atoms with E-state index in [2.05, 4.69) is 36.5 Å². The van der Waals surface area contributed by atoms with Crippen molar-refractivity contribution in [2.75, 3.05) is 6.54 Å². The van der Waals surface area contributed by atoms with Gasteiger partial charge in [-0.25, -0.2) is 0 Å². The van der Waals surface area contributed by atoms with Gasteiger partial charge >= 0.3 is 0 Å². The summed E-state index contributed by atoms with van der Waals surface area (Å²) in [6.45, 7) is 5.60. The third-order valence-corrected chi connectivity index (χ3v) is 4.09. The molecule has 1 aliphatic rings. The SMILES string of the molecule is CC(C)NCC(Cc1ccn(C)n1)C1CCCC1. The second-order valence-corrected chi connectivity index (χ2v) is 6.05. The van der Waals surface area contributed by atoms with Crippen LogP contribution in [0.15, 0.2) is 12.3 Å². The van der Waals surface area contributed by atoms with Gasteiger partial charge in [0.05, 0.1) is 5.69 Å². The molecule has 1 saturated carbocycles. The first kappa shape index (κ1) is 13.6. The van der Waals surface area contributed by atoms with Crippen molar-refractivity contribution in [2.24, 2.45) is 18.9 Å². The fourth-order valence-electron chi connectivity index (χ4n) is 3.06. The first-order valence-corrected chi connectivity index (χ1v) is 7.37. The van der Waals surface area contributed by atoms with Gasteiger partial charge in [-0.2, -0.15) is 5.10 Å². The summed E-state index contributed by atoms with van der Waals surface area (Å²) < 4.78 is 1.91. The van der Waals surface area contributed by atoms with E-state index in [0.29, 0.717) is 6.04 Å². The standard InChI is InChI=1S/C15H27N3/c1-12(2)16-11-14(13-6-4-5-7-13)10-15-8-9-18(3)17-15/h8-9,12-14,16H,4-7,10-11H2,1-3H3. The molecular formula is C15H27N3. The van der Waals surface area contributed by atoms with Crippen LogP contribution in [-0.4, -0.2) is 22.4 Å². The highest BCUT2D eigenvalue weighted by molar-refractivity contribution is 5.01. The zero-order chi connectivity index (χ0) is 13.0. The lowest BCUT2D eigenvalue weighted by atomic mass is 9.87. The molecule has 0 amide bonds. The van der Waals surface area contributed by atoms with E-state index in [1.165, 1.54) is 31.4 Å². The molecule has 1 heterocycles. The topological polar surface area (TPSA) is 29.9 Å². The molecular weight excluding hydrogens is 222 g/mol. The molecule has 1 aliphatic carbocycles. The summed E-state index contributed by atoms with van der Waals surface area (Å²) in [4.78, 5) is 0. The monoisotopic (exact) mass is 249 g/mol. The smallest absolute Gasteiger partial charge is 0.0627 e. The lowest BCUT2D eigenvalue weighted by Gasteiger charge is -2.24. The number of rotatable bonds is 6. The van der Waals surface area contributed by atoms with Crippen molar-refractivity contribution in [3.05, 3.63) is 18.0 Å². The molecule has 0 saturated heterocycles. The number of nitrogens with zero attached hydrogens (tertiary/aromatic N) is 2.